The second kappa shape index (κ2) is 10.4. The second-order valence-corrected chi connectivity index (χ2v) is 14.6. The van der Waals surface area contributed by atoms with Crippen molar-refractivity contribution in [2.45, 2.75) is 45.0 Å². The lowest BCUT2D eigenvalue weighted by molar-refractivity contribution is -0.142. The average Bonchev–Trinajstić information content (AvgIpc) is 2.97. The maximum absolute atomic E-state index is 12.9. The number of carbonyl (C=O) groups excluding carboxylic acids is 1. The van der Waals surface area contributed by atoms with Gasteiger partial charge in [0.15, 0.2) is 23.4 Å². The van der Waals surface area contributed by atoms with Crippen molar-refractivity contribution >= 4 is 19.9 Å². The molecule has 0 aliphatic carbocycles. The van der Waals surface area contributed by atoms with Gasteiger partial charge in [-0.25, -0.2) is 4.79 Å². The lowest BCUT2D eigenvalue weighted by Gasteiger charge is -2.37. The van der Waals surface area contributed by atoms with Crippen LogP contribution >= 0.6 is 0 Å². The molecule has 9 heteroatoms. The lowest BCUT2D eigenvalue weighted by Crippen LogP contribution is -2.43. The molecule has 0 saturated carbocycles. The van der Waals surface area contributed by atoms with Crippen molar-refractivity contribution in [1.82, 2.24) is 0 Å². The van der Waals surface area contributed by atoms with E-state index in [4.69, 9.17) is 32.8 Å². The van der Waals surface area contributed by atoms with Crippen molar-refractivity contribution in [1.29, 1.82) is 0 Å². The minimum atomic E-state index is -2.18. The van der Waals surface area contributed by atoms with E-state index in [-0.39, 0.29) is 16.5 Å². The van der Waals surface area contributed by atoms with Crippen LogP contribution in [0.25, 0.3) is 5.57 Å². The van der Waals surface area contributed by atoms with Crippen molar-refractivity contribution in [3.05, 3.63) is 41.5 Å². The Labute approximate surface area is 214 Å². The van der Waals surface area contributed by atoms with Gasteiger partial charge in [0.2, 0.25) is 11.5 Å². The summed E-state index contributed by atoms with van der Waals surface area (Å²) >= 11 is 0. The first-order chi connectivity index (χ1) is 16.9. The first kappa shape index (κ1) is 27.4. The molecule has 1 atom stereocenters. The molecule has 0 amide bonds. The van der Waals surface area contributed by atoms with Crippen LogP contribution in [-0.4, -0.2) is 55.9 Å². The molecule has 196 valence electrons. The van der Waals surface area contributed by atoms with Gasteiger partial charge >= 0.3 is 5.97 Å². The fourth-order valence-corrected chi connectivity index (χ4v) is 4.68. The zero-order valence-corrected chi connectivity index (χ0v) is 23.7. The van der Waals surface area contributed by atoms with Gasteiger partial charge in [-0.15, -0.1) is 0 Å². The quantitative estimate of drug-likeness (QED) is 0.260. The van der Waals surface area contributed by atoms with E-state index in [1.807, 2.05) is 18.2 Å². The molecule has 8 nitrogen and oxygen atoms in total. The molecule has 1 aliphatic rings. The van der Waals surface area contributed by atoms with Gasteiger partial charge in [0.1, 0.15) is 5.75 Å². The Morgan fingerprint density at radius 3 is 2.00 bits per heavy atom. The Morgan fingerprint density at radius 1 is 0.833 bits per heavy atom. The third-order valence-corrected chi connectivity index (χ3v) is 11.1. The zero-order chi connectivity index (χ0) is 26.8. The molecular weight excluding hydrogens is 480 g/mol. The van der Waals surface area contributed by atoms with Gasteiger partial charge in [0.25, 0.3) is 8.32 Å². The molecule has 0 aromatic heterocycles. The predicted octanol–water partition coefficient (Wildman–Crippen LogP) is 5.47. The molecule has 36 heavy (non-hydrogen) atoms. The highest BCUT2D eigenvalue weighted by Crippen LogP contribution is 2.51. The highest BCUT2D eigenvalue weighted by atomic mass is 28.4. The van der Waals surface area contributed by atoms with Gasteiger partial charge in [-0.1, -0.05) is 26.8 Å². The van der Waals surface area contributed by atoms with Crippen LogP contribution < -0.4 is 28.1 Å². The van der Waals surface area contributed by atoms with E-state index in [1.54, 1.807) is 19.3 Å². The van der Waals surface area contributed by atoms with Gasteiger partial charge in [0.05, 0.1) is 28.4 Å². The van der Waals surface area contributed by atoms with Gasteiger partial charge in [-0.3, -0.25) is 0 Å². The van der Waals surface area contributed by atoms with E-state index in [0.29, 0.717) is 34.1 Å². The summed E-state index contributed by atoms with van der Waals surface area (Å²) < 4.78 is 40.1. The Bertz CT molecular complexity index is 1160. The van der Waals surface area contributed by atoms with E-state index in [0.717, 1.165) is 5.56 Å². The van der Waals surface area contributed by atoms with E-state index >= 15 is 0 Å². The van der Waals surface area contributed by atoms with E-state index in [9.17, 15) is 4.79 Å². The molecule has 2 aromatic rings. The Balaban J connectivity index is 2.29. The van der Waals surface area contributed by atoms with E-state index in [1.165, 1.54) is 28.4 Å². The van der Waals surface area contributed by atoms with Gasteiger partial charge in [0, 0.05) is 12.7 Å². The van der Waals surface area contributed by atoms with Crippen LogP contribution in [0.2, 0.25) is 18.1 Å². The van der Waals surface area contributed by atoms with Crippen molar-refractivity contribution in [3.8, 4) is 34.5 Å². The number of rotatable bonds is 8. The zero-order valence-electron chi connectivity index (χ0n) is 22.7. The Hall–Kier alpha value is -3.17. The number of hydrogen-bond acceptors (Lipinski definition) is 8. The molecule has 0 spiro atoms. The molecule has 0 radical (unpaired) electrons. The minimum Gasteiger partial charge on any atom is -0.541 e. The molecule has 3 rings (SSSR count). The van der Waals surface area contributed by atoms with Crippen LogP contribution in [0.5, 0.6) is 34.5 Å². The molecule has 0 fully saturated rings. The molecule has 0 saturated heterocycles. The number of methoxy groups -OCH3 is 5. The monoisotopic (exact) mass is 516 g/mol. The van der Waals surface area contributed by atoms with Crippen LogP contribution in [0.3, 0.4) is 0 Å². The van der Waals surface area contributed by atoms with Crippen LogP contribution in [0, 0.1) is 0 Å². The summed E-state index contributed by atoms with van der Waals surface area (Å²) in [5.41, 5.74) is 2.05. The molecular formula is C27H36O8Si. The molecule has 0 bridgehead atoms. The standard InChI is InChI=1S/C27H36O8Si/c1-27(2,3)36(9,10)35-20-13-16(11-12-19(20)29-4)17-14-22(31-6)26(28)34-23-18(17)15-21(30-5)24(32-7)25(23)33-8/h11-15,22H,1-10H3. The smallest absolute Gasteiger partial charge is 0.344 e. The molecule has 1 aliphatic heterocycles. The topological polar surface area (TPSA) is 81.7 Å². The maximum atomic E-state index is 12.9. The van der Waals surface area contributed by atoms with Crippen LogP contribution in [-0.2, 0) is 9.53 Å². The predicted molar refractivity (Wildman–Crippen MR) is 140 cm³/mol. The third-order valence-electron chi connectivity index (χ3n) is 6.73. The van der Waals surface area contributed by atoms with Crippen molar-refractivity contribution in [2.24, 2.45) is 0 Å². The lowest BCUT2D eigenvalue weighted by atomic mass is 9.95. The minimum absolute atomic E-state index is 0.0130. The normalized spacial score (nSPS) is 15.8. The van der Waals surface area contributed by atoms with Crippen molar-refractivity contribution in [2.75, 3.05) is 35.5 Å². The Kier molecular flexibility index (Phi) is 7.95. The molecule has 1 heterocycles. The summed E-state index contributed by atoms with van der Waals surface area (Å²) in [5.74, 6) is 1.88. The van der Waals surface area contributed by atoms with Crippen LogP contribution in [0.15, 0.2) is 30.3 Å². The number of fused-ring (bicyclic) bond motifs is 1. The summed E-state index contributed by atoms with van der Waals surface area (Å²) in [7, 11) is 5.39. The fourth-order valence-electron chi connectivity index (χ4n) is 3.67. The summed E-state index contributed by atoms with van der Waals surface area (Å²) in [5, 5.41) is -0.0130. The van der Waals surface area contributed by atoms with Crippen molar-refractivity contribution in [3.63, 3.8) is 0 Å². The summed E-state index contributed by atoms with van der Waals surface area (Å²) in [6, 6.07) is 7.43. The largest absolute Gasteiger partial charge is 0.541 e. The third kappa shape index (κ3) is 5.03. The number of benzene rings is 2. The first-order valence-electron chi connectivity index (χ1n) is 11.6. The van der Waals surface area contributed by atoms with E-state index in [2.05, 4.69) is 33.9 Å². The van der Waals surface area contributed by atoms with Crippen LogP contribution in [0.4, 0.5) is 0 Å². The van der Waals surface area contributed by atoms with E-state index < -0.39 is 20.4 Å². The van der Waals surface area contributed by atoms with Gasteiger partial charge in [-0.05, 0) is 53.5 Å². The number of ether oxygens (including phenoxy) is 6. The summed E-state index contributed by atoms with van der Waals surface area (Å²) in [4.78, 5) is 12.9. The molecule has 1 unspecified atom stereocenters. The summed E-state index contributed by atoms with van der Waals surface area (Å²) in [6.45, 7) is 10.9. The SMILES string of the molecule is COc1ccc(C2=CC(OC)C(=O)Oc3c2cc(OC)c(OC)c3OC)cc1O[Si](C)(C)C(C)(C)C. The maximum Gasteiger partial charge on any atom is 0.344 e. The highest BCUT2D eigenvalue weighted by molar-refractivity contribution is 6.74. The number of hydrogen-bond donors (Lipinski definition) is 0. The molecule has 2 aromatic carbocycles. The highest BCUT2D eigenvalue weighted by Gasteiger charge is 2.40. The Morgan fingerprint density at radius 2 is 1.47 bits per heavy atom. The van der Waals surface area contributed by atoms with Gasteiger partial charge in [-0.2, -0.15) is 0 Å². The average molecular weight is 517 g/mol. The first-order valence-corrected chi connectivity index (χ1v) is 14.5. The molecule has 0 N–H and O–H groups in total. The summed E-state index contributed by atoms with van der Waals surface area (Å²) in [6.07, 6.45) is 0.776. The fraction of sp³-hybridized carbons (Fsp3) is 0.444. The van der Waals surface area contributed by atoms with Crippen LogP contribution in [0.1, 0.15) is 31.9 Å². The number of carbonyl (C=O) groups is 1. The van der Waals surface area contributed by atoms with Crippen molar-refractivity contribution < 1.29 is 37.6 Å². The second-order valence-electron chi connectivity index (χ2n) is 9.91. The number of esters is 1. The van der Waals surface area contributed by atoms with Gasteiger partial charge < -0.3 is 32.8 Å².